The molecule has 1 N–H and O–H groups in total. The van der Waals surface area contributed by atoms with Crippen LogP contribution in [0.3, 0.4) is 0 Å². The fraction of sp³-hybridized carbons (Fsp3) is 0.400. The van der Waals surface area contributed by atoms with E-state index in [2.05, 4.69) is 20.5 Å². The van der Waals surface area contributed by atoms with Gasteiger partial charge in [-0.15, -0.1) is 0 Å². The van der Waals surface area contributed by atoms with Crippen LogP contribution in [-0.2, 0) is 4.79 Å². The summed E-state index contributed by atoms with van der Waals surface area (Å²) in [6, 6.07) is 7.35. The number of aromatic nitrogens is 5. The zero-order valence-corrected chi connectivity index (χ0v) is 19.8. The quantitative estimate of drug-likeness (QED) is 0.489. The monoisotopic (exact) mass is 473 g/mol. The second kappa shape index (κ2) is 8.07. The Kier molecular flexibility index (Phi) is 4.98. The Bertz CT molecular complexity index is 1450. The number of carbonyl (C=O) groups is 2. The molecule has 6 rings (SSSR count). The van der Waals surface area contributed by atoms with Gasteiger partial charge in [0.1, 0.15) is 5.69 Å². The predicted octanol–water partition coefficient (Wildman–Crippen LogP) is 2.74. The SMILES string of the molecule is COc1c2cc(C(=O)NC3CCC4(CCC(=O)N4C)CC3)ccc2nn1-c1cnn2cccnc12. The summed E-state index contributed by atoms with van der Waals surface area (Å²) in [5.41, 5.74) is 2.59. The van der Waals surface area contributed by atoms with Crippen molar-refractivity contribution in [3.8, 4) is 11.6 Å². The zero-order valence-electron chi connectivity index (χ0n) is 19.8. The van der Waals surface area contributed by atoms with Crippen LogP contribution in [0, 0.1) is 0 Å². The smallest absolute Gasteiger partial charge is 0.251 e. The normalized spacial score (nSPS) is 22.4. The molecular formula is C25H27N7O3. The average Bonchev–Trinajstić information content (AvgIpc) is 3.55. The molecule has 1 spiro atoms. The van der Waals surface area contributed by atoms with Gasteiger partial charge in [-0.1, -0.05) is 0 Å². The van der Waals surface area contributed by atoms with Gasteiger partial charge < -0.3 is 15.0 Å². The van der Waals surface area contributed by atoms with Gasteiger partial charge in [0.25, 0.3) is 5.91 Å². The number of likely N-dealkylation sites (tertiary alicyclic amines) is 1. The molecule has 180 valence electrons. The lowest BCUT2D eigenvalue weighted by Crippen LogP contribution is -2.49. The van der Waals surface area contributed by atoms with Crippen LogP contribution in [0.15, 0.2) is 42.9 Å². The molecule has 2 fully saturated rings. The molecule has 0 unspecified atom stereocenters. The minimum absolute atomic E-state index is 0.0217. The maximum absolute atomic E-state index is 13.1. The van der Waals surface area contributed by atoms with E-state index in [-0.39, 0.29) is 23.4 Å². The Morgan fingerprint density at radius 2 is 2.06 bits per heavy atom. The molecule has 35 heavy (non-hydrogen) atoms. The Labute approximate surface area is 201 Å². The molecule has 3 aromatic heterocycles. The van der Waals surface area contributed by atoms with E-state index in [1.807, 2.05) is 36.3 Å². The van der Waals surface area contributed by atoms with Crippen LogP contribution >= 0.6 is 0 Å². The lowest BCUT2D eigenvalue weighted by molar-refractivity contribution is -0.130. The molecule has 1 saturated heterocycles. The average molecular weight is 474 g/mol. The number of rotatable bonds is 4. The Hall–Kier alpha value is -3.95. The molecular weight excluding hydrogens is 446 g/mol. The number of methoxy groups -OCH3 is 1. The first kappa shape index (κ1) is 21.6. The highest BCUT2D eigenvalue weighted by atomic mass is 16.5. The minimum Gasteiger partial charge on any atom is -0.480 e. The van der Waals surface area contributed by atoms with Crippen LogP contribution in [0.1, 0.15) is 48.9 Å². The van der Waals surface area contributed by atoms with Gasteiger partial charge in [-0.25, -0.2) is 9.50 Å². The Morgan fingerprint density at radius 3 is 2.80 bits per heavy atom. The van der Waals surface area contributed by atoms with Crippen molar-refractivity contribution in [3.05, 3.63) is 48.4 Å². The number of carbonyl (C=O) groups excluding carboxylic acids is 2. The second-order valence-electron chi connectivity index (χ2n) is 9.50. The highest BCUT2D eigenvalue weighted by Gasteiger charge is 2.45. The van der Waals surface area contributed by atoms with Crippen molar-refractivity contribution in [1.29, 1.82) is 0 Å². The molecule has 1 aromatic carbocycles. The van der Waals surface area contributed by atoms with E-state index in [1.165, 1.54) is 0 Å². The summed E-state index contributed by atoms with van der Waals surface area (Å²) in [7, 11) is 3.50. The van der Waals surface area contributed by atoms with Crippen LogP contribution in [0.2, 0.25) is 0 Å². The van der Waals surface area contributed by atoms with Gasteiger partial charge >= 0.3 is 0 Å². The maximum atomic E-state index is 13.1. The fourth-order valence-corrected chi connectivity index (χ4v) is 5.62. The lowest BCUT2D eigenvalue weighted by Gasteiger charge is -2.42. The van der Waals surface area contributed by atoms with Gasteiger partial charge in [0, 0.05) is 43.0 Å². The highest BCUT2D eigenvalue weighted by molar-refractivity contribution is 5.99. The number of hydrogen-bond acceptors (Lipinski definition) is 6. The van der Waals surface area contributed by atoms with Gasteiger partial charge in [0.05, 0.1) is 24.2 Å². The van der Waals surface area contributed by atoms with E-state index in [1.54, 1.807) is 34.8 Å². The fourth-order valence-electron chi connectivity index (χ4n) is 5.62. The summed E-state index contributed by atoms with van der Waals surface area (Å²) >= 11 is 0. The van der Waals surface area contributed by atoms with E-state index >= 15 is 0 Å². The third-order valence-corrected chi connectivity index (χ3v) is 7.71. The van der Waals surface area contributed by atoms with E-state index in [4.69, 9.17) is 4.74 Å². The molecule has 0 atom stereocenters. The number of nitrogens with zero attached hydrogens (tertiary/aromatic N) is 6. The van der Waals surface area contributed by atoms with Gasteiger partial charge in [-0.05, 0) is 56.4 Å². The van der Waals surface area contributed by atoms with E-state index < -0.39 is 0 Å². The third-order valence-electron chi connectivity index (χ3n) is 7.71. The standard InChI is InChI=1S/C25H27N7O3/c1-30-21(33)8-11-25(30)9-6-17(7-10-25)28-23(34)16-4-5-19-18(14-16)24(35-2)32(29-19)20-15-27-31-13-3-12-26-22(20)31/h3-5,12-15,17H,6-11H2,1-2H3,(H,28,34). The van der Waals surface area contributed by atoms with Crippen molar-refractivity contribution in [2.24, 2.45) is 0 Å². The topological polar surface area (TPSA) is 107 Å². The van der Waals surface area contributed by atoms with E-state index in [0.717, 1.165) is 37.5 Å². The molecule has 1 aliphatic carbocycles. The summed E-state index contributed by atoms with van der Waals surface area (Å²) in [4.78, 5) is 31.5. The molecule has 0 bridgehead atoms. The first-order chi connectivity index (χ1) is 17.0. The Balaban J connectivity index is 1.24. The molecule has 4 aromatic rings. The van der Waals surface area contributed by atoms with Crippen LogP contribution in [0.25, 0.3) is 22.2 Å². The molecule has 0 radical (unpaired) electrons. The maximum Gasteiger partial charge on any atom is 0.251 e. The van der Waals surface area contributed by atoms with Crippen molar-refractivity contribution in [2.45, 2.75) is 50.1 Å². The van der Waals surface area contributed by atoms with Crippen LogP contribution < -0.4 is 10.1 Å². The van der Waals surface area contributed by atoms with Crippen molar-refractivity contribution in [2.75, 3.05) is 14.2 Å². The lowest BCUT2D eigenvalue weighted by atomic mass is 9.78. The van der Waals surface area contributed by atoms with Crippen molar-refractivity contribution in [1.82, 2.24) is 34.6 Å². The molecule has 2 aliphatic rings. The number of ether oxygens (including phenoxy) is 1. The number of hydrogen-bond donors (Lipinski definition) is 1. The van der Waals surface area contributed by atoms with Crippen LogP contribution in [0.4, 0.5) is 0 Å². The van der Waals surface area contributed by atoms with Crippen LogP contribution in [0.5, 0.6) is 5.88 Å². The van der Waals surface area contributed by atoms with Gasteiger partial charge in [-0.2, -0.15) is 14.9 Å². The van der Waals surface area contributed by atoms with Gasteiger partial charge in [0.15, 0.2) is 5.65 Å². The van der Waals surface area contributed by atoms with E-state index in [9.17, 15) is 9.59 Å². The van der Waals surface area contributed by atoms with Crippen molar-refractivity contribution < 1.29 is 14.3 Å². The summed E-state index contributed by atoms with van der Waals surface area (Å²) in [6.45, 7) is 0. The number of amides is 2. The van der Waals surface area contributed by atoms with Gasteiger partial charge in [-0.3, -0.25) is 9.59 Å². The molecule has 1 aliphatic heterocycles. The summed E-state index contributed by atoms with van der Waals surface area (Å²) in [5, 5.41) is 13.0. The third kappa shape index (κ3) is 3.43. The van der Waals surface area contributed by atoms with E-state index in [0.29, 0.717) is 34.7 Å². The largest absolute Gasteiger partial charge is 0.480 e. The summed E-state index contributed by atoms with van der Waals surface area (Å²) < 4.78 is 9.04. The first-order valence-electron chi connectivity index (χ1n) is 11.9. The molecule has 10 heteroatoms. The summed E-state index contributed by atoms with van der Waals surface area (Å²) in [5.74, 6) is 0.634. The van der Waals surface area contributed by atoms with Crippen LogP contribution in [-0.4, -0.2) is 66.8 Å². The predicted molar refractivity (Wildman–Crippen MR) is 129 cm³/mol. The second-order valence-corrected chi connectivity index (χ2v) is 9.50. The number of fused-ring (bicyclic) bond motifs is 2. The van der Waals surface area contributed by atoms with Gasteiger partial charge in [0.2, 0.25) is 11.8 Å². The molecule has 10 nitrogen and oxygen atoms in total. The number of nitrogens with one attached hydrogen (secondary N) is 1. The number of benzene rings is 1. The summed E-state index contributed by atoms with van der Waals surface area (Å²) in [6.07, 6.45) is 10.4. The highest BCUT2D eigenvalue weighted by Crippen LogP contribution is 2.41. The Morgan fingerprint density at radius 1 is 1.23 bits per heavy atom. The van der Waals surface area contributed by atoms with Crippen molar-refractivity contribution >= 4 is 28.4 Å². The molecule has 4 heterocycles. The zero-order chi connectivity index (χ0) is 24.2. The van der Waals surface area contributed by atoms with Crippen molar-refractivity contribution in [3.63, 3.8) is 0 Å². The minimum atomic E-state index is -0.115. The molecule has 2 amide bonds. The first-order valence-corrected chi connectivity index (χ1v) is 11.9. The molecule has 1 saturated carbocycles.